The highest BCUT2D eigenvalue weighted by Gasteiger charge is 2.10. The van der Waals surface area contributed by atoms with E-state index < -0.39 is 0 Å². The molecule has 0 saturated carbocycles. The number of rotatable bonds is 11. The fraction of sp³-hybridized carbons (Fsp3) is 1.00. The van der Waals surface area contributed by atoms with Crippen molar-refractivity contribution in [2.45, 2.75) is 84.2 Å². The second-order valence-corrected chi connectivity index (χ2v) is 5.01. The first-order chi connectivity index (χ1) is 7.72. The highest BCUT2D eigenvalue weighted by atomic mass is 14.9. The van der Waals surface area contributed by atoms with Gasteiger partial charge in [0.25, 0.3) is 0 Å². The number of unbranched alkanes of at least 4 members (excludes halogenated alkanes) is 7. The molecule has 0 radical (unpaired) electrons. The zero-order chi connectivity index (χ0) is 12.2. The Balaban J connectivity index is 3.19. The molecular weight excluding hydrogens is 196 g/mol. The summed E-state index contributed by atoms with van der Waals surface area (Å²) in [4.78, 5) is 0. The van der Waals surface area contributed by atoms with Crippen molar-refractivity contribution in [1.82, 2.24) is 0 Å². The van der Waals surface area contributed by atoms with E-state index in [9.17, 15) is 0 Å². The maximum absolute atomic E-state index is 5.72. The molecular formula is C14H32N2. The van der Waals surface area contributed by atoms with Gasteiger partial charge in [0.1, 0.15) is 0 Å². The van der Waals surface area contributed by atoms with E-state index in [4.69, 9.17) is 11.5 Å². The fourth-order valence-corrected chi connectivity index (χ4v) is 2.21. The minimum absolute atomic E-state index is 0.116. The van der Waals surface area contributed by atoms with E-state index in [0.717, 1.165) is 6.42 Å². The molecule has 0 fully saturated rings. The van der Waals surface area contributed by atoms with Crippen molar-refractivity contribution in [3.8, 4) is 0 Å². The Bertz CT molecular complexity index is 135. The van der Waals surface area contributed by atoms with Crippen molar-refractivity contribution >= 4 is 0 Å². The molecule has 0 aromatic carbocycles. The van der Waals surface area contributed by atoms with Crippen molar-refractivity contribution in [2.75, 3.05) is 0 Å². The minimum atomic E-state index is -0.116. The van der Waals surface area contributed by atoms with Crippen molar-refractivity contribution in [1.29, 1.82) is 0 Å². The average molecular weight is 228 g/mol. The molecule has 0 aliphatic heterocycles. The molecule has 0 aromatic rings. The van der Waals surface area contributed by atoms with Gasteiger partial charge in [0.05, 0.1) is 6.17 Å². The van der Waals surface area contributed by atoms with Gasteiger partial charge in [0.15, 0.2) is 0 Å². The van der Waals surface area contributed by atoms with Crippen LogP contribution >= 0.6 is 0 Å². The van der Waals surface area contributed by atoms with E-state index in [1.165, 1.54) is 57.8 Å². The Hall–Kier alpha value is -0.0800. The molecule has 0 bridgehead atoms. The van der Waals surface area contributed by atoms with Crippen LogP contribution in [0.15, 0.2) is 0 Å². The molecule has 0 heterocycles. The summed E-state index contributed by atoms with van der Waals surface area (Å²) in [6, 6.07) is 0. The monoisotopic (exact) mass is 228 g/mol. The SMILES string of the molecule is CCCCCCCCCCC(CC)C(N)N. The van der Waals surface area contributed by atoms with Gasteiger partial charge in [-0.3, -0.25) is 0 Å². The van der Waals surface area contributed by atoms with Gasteiger partial charge in [0.2, 0.25) is 0 Å². The first-order valence-corrected chi connectivity index (χ1v) is 7.23. The van der Waals surface area contributed by atoms with Crippen molar-refractivity contribution in [3.63, 3.8) is 0 Å². The highest BCUT2D eigenvalue weighted by molar-refractivity contribution is 4.65. The Morgan fingerprint density at radius 2 is 1.25 bits per heavy atom. The van der Waals surface area contributed by atoms with Crippen molar-refractivity contribution < 1.29 is 0 Å². The lowest BCUT2D eigenvalue weighted by atomic mass is 9.95. The molecule has 1 atom stereocenters. The van der Waals surface area contributed by atoms with Crippen LogP contribution in [0.25, 0.3) is 0 Å². The summed E-state index contributed by atoms with van der Waals surface area (Å²) in [5.74, 6) is 0.528. The number of hydrogen-bond acceptors (Lipinski definition) is 2. The topological polar surface area (TPSA) is 52.0 Å². The van der Waals surface area contributed by atoms with Crippen LogP contribution < -0.4 is 11.5 Å². The summed E-state index contributed by atoms with van der Waals surface area (Å²) >= 11 is 0. The lowest BCUT2D eigenvalue weighted by Crippen LogP contribution is -2.38. The van der Waals surface area contributed by atoms with Gasteiger partial charge in [-0.2, -0.15) is 0 Å². The van der Waals surface area contributed by atoms with Crippen LogP contribution in [0.3, 0.4) is 0 Å². The van der Waals surface area contributed by atoms with Crippen LogP contribution in [0.5, 0.6) is 0 Å². The van der Waals surface area contributed by atoms with Crippen LogP contribution in [0.1, 0.15) is 78.1 Å². The molecule has 0 aliphatic carbocycles. The van der Waals surface area contributed by atoms with Gasteiger partial charge in [0, 0.05) is 0 Å². The van der Waals surface area contributed by atoms with Crippen LogP contribution in [0, 0.1) is 5.92 Å². The van der Waals surface area contributed by atoms with E-state index in [1.807, 2.05) is 0 Å². The zero-order valence-corrected chi connectivity index (χ0v) is 11.4. The second kappa shape index (κ2) is 11.4. The highest BCUT2D eigenvalue weighted by Crippen LogP contribution is 2.16. The maximum Gasteiger partial charge on any atom is 0.0549 e. The lowest BCUT2D eigenvalue weighted by Gasteiger charge is -2.18. The Labute approximate surface area is 102 Å². The Morgan fingerprint density at radius 3 is 1.69 bits per heavy atom. The molecule has 0 amide bonds. The number of hydrogen-bond donors (Lipinski definition) is 2. The molecule has 0 aliphatic rings. The molecule has 2 nitrogen and oxygen atoms in total. The van der Waals surface area contributed by atoms with Gasteiger partial charge < -0.3 is 11.5 Å². The smallest absolute Gasteiger partial charge is 0.0549 e. The molecule has 0 aromatic heterocycles. The minimum Gasteiger partial charge on any atom is -0.316 e. The summed E-state index contributed by atoms with van der Waals surface area (Å²) < 4.78 is 0. The van der Waals surface area contributed by atoms with Gasteiger partial charge in [-0.15, -0.1) is 0 Å². The summed E-state index contributed by atoms with van der Waals surface area (Å²) in [5.41, 5.74) is 11.4. The molecule has 0 spiro atoms. The van der Waals surface area contributed by atoms with E-state index >= 15 is 0 Å². The largest absolute Gasteiger partial charge is 0.316 e. The Kier molecular flexibility index (Phi) is 11.3. The van der Waals surface area contributed by atoms with Crippen LogP contribution in [0.4, 0.5) is 0 Å². The first kappa shape index (κ1) is 15.9. The summed E-state index contributed by atoms with van der Waals surface area (Å²) in [6.07, 6.45) is 13.2. The standard InChI is InChI=1S/C14H32N2/c1-3-5-6-7-8-9-10-11-12-13(4-2)14(15)16/h13-14H,3-12,15-16H2,1-2H3. The summed E-state index contributed by atoms with van der Waals surface area (Å²) in [5, 5.41) is 0. The van der Waals surface area contributed by atoms with Gasteiger partial charge in [-0.05, 0) is 12.3 Å². The van der Waals surface area contributed by atoms with Gasteiger partial charge >= 0.3 is 0 Å². The van der Waals surface area contributed by atoms with Crippen LogP contribution in [-0.2, 0) is 0 Å². The van der Waals surface area contributed by atoms with Crippen molar-refractivity contribution in [2.24, 2.45) is 17.4 Å². The number of nitrogens with two attached hydrogens (primary N) is 2. The normalized spacial score (nSPS) is 13.3. The molecule has 2 heteroatoms. The van der Waals surface area contributed by atoms with Crippen molar-refractivity contribution in [3.05, 3.63) is 0 Å². The van der Waals surface area contributed by atoms with E-state index in [0.29, 0.717) is 5.92 Å². The summed E-state index contributed by atoms with van der Waals surface area (Å²) in [6.45, 7) is 4.45. The Morgan fingerprint density at radius 1 is 0.750 bits per heavy atom. The quantitative estimate of drug-likeness (QED) is 0.417. The predicted molar refractivity (Wildman–Crippen MR) is 73.2 cm³/mol. The van der Waals surface area contributed by atoms with E-state index in [-0.39, 0.29) is 6.17 Å². The third kappa shape index (κ3) is 9.17. The van der Waals surface area contributed by atoms with E-state index in [1.54, 1.807) is 0 Å². The van der Waals surface area contributed by atoms with Crippen LogP contribution in [0.2, 0.25) is 0 Å². The van der Waals surface area contributed by atoms with Crippen LogP contribution in [-0.4, -0.2) is 6.17 Å². The van der Waals surface area contributed by atoms with Gasteiger partial charge in [-0.25, -0.2) is 0 Å². The third-order valence-electron chi connectivity index (χ3n) is 3.50. The molecule has 1 unspecified atom stereocenters. The second-order valence-electron chi connectivity index (χ2n) is 5.01. The molecule has 98 valence electrons. The molecule has 0 saturated heterocycles. The fourth-order valence-electron chi connectivity index (χ4n) is 2.21. The van der Waals surface area contributed by atoms with E-state index in [2.05, 4.69) is 13.8 Å². The third-order valence-corrected chi connectivity index (χ3v) is 3.50. The molecule has 4 N–H and O–H groups in total. The molecule has 16 heavy (non-hydrogen) atoms. The first-order valence-electron chi connectivity index (χ1n) is 7.23. The zero-order valence-electron chi connectivity index (χ0n) is 11.4. The molecule has 0 rings (SSSR count). The predicted octanol–water partition coefficient (Wildman–Crippen LogP) is 3.79. The lowest BCUT2D eigenvalue weighted by molar-refractivity contribution is 0.371. The van der Waals surface area contributed by atoms with Gasteiger partial charge in [-0.1, -0.05) is 71.6 Å². The average Bonchev–Trinajstić information content (AvgIpc) is 2.26. The summed E-state index contributed by atoms with van der Waals surface area (Å²) in [7, 11) is 0. The maximum atomic E-state index is 5.72.